The zero-order valence-electron chi connectivity index (χ0n) is 13.3. The fourth-order valence-corrected chi connectivity index (χ4v) is 4.95. The Labute approximate surface area is 139 Å². The Morgan fingerprint density at radius 3 is 2.74 bits per heavy atom. The van der Waals surface area contributed by atoms with Crippen LogP contribution in [0.5, 0.6) is 0 Å². The van der Waals surface area contributed by atoms with E-state index in [9.17, 15) is 14.9 Å². The van der Waals surface area contributed by atoms with E-state index in [1.807, 2.05) is 0 Å². The Kier molecular flexibility index (Phi) is 4.40. The molecule has 0 unspecified atom stereocenters. The van der Waals surface area contributed by atoms with Gasteiger partial charge in [0, 0.05) is 5.92 Å². The molecule has 3 atom stereocenters. The Hall–Kier alpha value is -1.87. The first-order valence-corrected chi connectivity index (χ1v) is 8.88. The zero-order valence-corrected chi connectivity index (χ0v) is 14.2. The lowest BCUT2D eigenvalue weighted by molar-refractivity contribution is -0.121. The first-order valence-electron chi connectivity index (χ1n) is 8.06. The second-order valence-electron chi connectivity index (χ2n) is 6.36. The summed E-state index contributed by atoms with van der Waals surface area (Å²) in [4.78, 5) is 24.9. The predicted molar refractivity (Wildman–Crippen MR) is 87.3 cm³/mol. The Balaban J connectivity index is 1.80. The van der Waals surface area contributed by atoms with Crippen LogP contribution in [-0.4, -0.2) is 18.5 Å². The topological polar surface area (TPSA) is 79.2 Å². The highest BCUT2D eigenvalue weighted by Gasteiger charge is 2.43. The van der Waals surface area contributed by atoms with E-state index in [4.69, 9.17) is 4.74 Å². The first kappa shape index (κ1) is 16.0. The quantitative estimate of drug-likeness (QED) is 0.856. The average molecular weight is 332 g/mol. The number of thiophene rings is 1. The third kappa shape index (κ3) is 2.86. The third-order valence-corrected chi connectivity index (χ3v) is 6.22. The summed E-state index contributed by atoms with van der Waals surface area (Å²) < 4.78 is 5.02. The largest absolute Gasteiger partial charge is 0.462 e. The SMILES string of the molecule is CCOC(=O)c1sc(NC(=O)[C@@H]2C[C@H]3CC[C@@H]2C3)c(C#N)c1C. The highest BCUT2D eigenvalue weighted by atomic mass is 32.1. The highest BCUT2D eigenvalue weighted by molar-refractivity contribution is 7.18. The van der Waals surface area contributed by atoms with Crippen molar-refractivity contribution in [3.63, 3.8) is 0 Å². The lowest BCUT2D eigenvalue weighted by Gasteiger charge is -2.20. The predicted octanol–water partition coefficient (Wildman–Crippen LogP) is 3.48. The molecule has 2 fully saturated rings. The van der Waals surface area contributed by atoms with Gasteiger partial charge in [0.1, 0.15) is 15.9 Å². The fourth-order valence-electron chi connectivity index (χ4n) is 3.90. The molecule has 2 bridgehead atoms. The van der Waals surface area contributed by atoms with Gasteiger partial charge in [0.05, 0.1) is 12.2 Å². The number of ether oxygens (including phenoxy) is 1. The number of carbonyl (C=O) groups excluding carboxylic acids is 2. The van der Waals surface area contributed by atoms with Gasteiger partial charge in [0.2, 0.25) is 5.91 Å². The Morgan fingerprint density at radius 1 is 1.39 bits per heavy atom. The van der Waals surface area contributed by atoms with Crippen LogP contribution in [0, 0.1) is 36.0 Å². The molecule has 5 nitrogen and oxygen atoms in total. The van der Waals surface area contributed by atoms with Gasteiger partial charge in [0.25, 0.3) is 0 Å². The molecule has 0 saturated heterocycles. The van der Waals surface area contributed by atoms with Crippen LogP contribution in [-0.2, 0) is 9.53 Å². The molecular formula is C17H20N2O3S. The van der Waals surface area contributed by atoms with Gasteiger partial charge in [-0.2, -0.15) is 5.26 Å². The summed E-state index contributed by atoms with van der Waals surface area (Å²) in [6.07, 6.45) is 4.47. The number of anilines is 1. The van der Waals surface area contributed by atoms with Crippen molar-refractivity contribution < 1.29 is 14.3 Å². The third-order valence-electron chi connectivity index (χ3n) is 5.03. The standard InChI is InChI=1S/C17H20N2O3S/c1-3-22-17(21)14-9(2)13(8-18)16(23-14)19-15(20)12-7-10-4-5-11(12)6-10/h10-12H,3-7H2,1-2H3,(H,19,20)/t10-,11+,12+/m0/s1. The Morgan fingerprint density at radius 2 is 2.17 bits per heavy atom. The van der Waals surface area contributed by atoms with Crippen molar-refractivity contribution in [2.24, 2.45) is 17.8 Å². The first-order chi connectivity index (χ1) is 11.0. The molecule has 2 aliphatic rings. The summed E-state index contributed by atoms with van der Waals surface area (Å²) in [5.74, 6) is 0.772. The van der Waals surface area contributed by atoms with Crippen LogP contribution < -0.4 is 5.32 Å². The van der Waals surface area contributed by atoms with Crippen molar-refractivity contribution in [1.29, 1.82) is 5.26 Å². The van der Waals surface area contributed by atoms with E-state index >= 15 is 0 Å². The van der Waals surface area contributed by atoms with E-state index in [-0.39, 0.29) is 18.4 Å². The molecule has 0 spiro atoms. The summed E-state index contributed by atoms with van der Waals surface area (Å²) in [7, 11) is 0. The van der Waals surface area contributed by atoms with Crippen molar-refractivity contribution in [1.82, 2.24) is 0 Å². The number of carbonyl (C=O) groups is 2. The van der Waals surface area contributed by atoms with Crippen LogP contribution in [0.15, 0.2) is 0 Å². The lowest BCUT2D eigenvalue weighted by atomic mass is 9.88. The maximum atomic E-state index is 12.6. The van der Waals surface area contributed by atoms with Crippen molar-refractivity contribution in [2.45, 2.75) is 39.5 Å². The molecule has 0 aromatic carbocycles. The molecule has 1 amide bonds. The van der Waals surface area contributed by atoms with Crippen LogP contribution >= 0.6 is 11.3 Å². The molecule has 1 aromatic heterocycles. The number of hydrogen-bond acceptors (Lipinski definition) is 5. The molecular weight excluding hydrogens is 312 g/mol. The molecule has 3 rings (SSSR count). The number of nitrogens with zero attached hydrogens (tertiary/aromatic N) is 1. The normalized spacial score (nSPS) is 25.2. The van der Waals surface area contributed by atoms with E-state index in [0.717, 1.165) is 30.6 Å². The maximum Gasteiger partial charge on any atom is 0.348 e. The number of hydrogen-bond donors (Lipinski definition) is 1. The maximum absolute atomic E-state index is 12.6. The van der Waals surface area contributed by atoms with Gasteiger partial charge in [-0.1, -0.05) is 6.42 Å². The summed E-state index contributed by atoms with van der Waals surface area (Å²) in [5.41, 5.74) is 0.953. The second kappa shape index (κ2) is 6.32. The van der Waals surface area contributed by atoms with E-state index in [1.165, 1.54) is 6.42 Å². The van der Waals surface area contributed by atoms with Gasteiger partial charge >= 0.3 is 5.97 Å². The van der Waals surface area contributed by atoms with Gasteiger partial charge in [-0.25, -0.2) is 4.79 Å². The molecule has 2 saturated carbocycles. The summed E-state index contributed by atoms with van der Waals surface area (Å²) in [6, 6.07) is 2.10. The second-order valence-corrected chi connectivity index (χ2v) is 7.38. The van der Waals surface area contributed by atoms with Crippen LogP contribution in [0.2, 0.25) is 0 Å². The van der Waals surface area contributed by atoms with Gasteiger partial charge in [-0.3, -0.25) is 4.79 Å². The van der Waals surface area contributed by atoms with E-state index in [2.05, 4.69) is 11.4 Å². The molecule has 0 aliphatic heterocycles. The van der Waals surface area contributed by atoms with Crippen molar-refractivity contribution in [3.05, 3.63) is 16.0 Å². The van der Waals surface area contributed by atoms with Crippen molar-refractivity contribution in [3.8, 4) is 6.07 Å². The number of amides is 1. The minimum absolute atomic E-state index is 0.00893. The molecule has 23 heavy (non-hydrogen) atoms. The average Bonchev–Trinajstić information content (AvgIpc) is 3.22. The van der Waals surface area contributed by atoms with Crippen LogP contribution in [0.4, 0.5) is 5.00 Å². The number of fused-ring (bicyclic) bond motifs is 2. The van der Waals surface area contributed by atoms with E-state index < -0.39 is 5.97 Å². The molecule has 6 heteroatoms. The van der Waals surface area contributed by atoms with Crippen LogP contribution in [0.25, 0.3) is 0 Å². The number of nitrogens with one attached hydrogen (secondary N) is 1. The minimum Gasteiger partial charge on any atom is -0.462 e. The molecule has 1 heterocycles. The van der Waals surface area contributed by atoms with Crippen molar-refractivity contribution in [2.75, 3.05) is 11.9 Å². The summed E-state index contributed by atoms with van der Waals surface area (Å²) >= 11 is 1.14. The van der Waals surface area contributed by atoms with Crippen LogP contribution in [0.1, 0.15) is 53.4 Å². The van der Waals surface area contributed by atoms with Gasteiger partial charge in [-0.15, -0.1) is 11.3 Å². The zero-order chi connectivity index (χ0) is 16.6. The molecule has 122 valence electrons. The molecule has 1 N–H and O–H groups in total. The summed E-state index contributed by atoms with van der Waals surface area (Å²) in [6.45, 7) is 3.74. The molecule has 1 aromatic rings. The van der Waals surface area contributed by atoms with Gasteiger partial charge in [-0.05, 0) is 50.5 Å². The van der Waals surface area contributed by atoms with Gasteiger partial charge < -0.3 is 10.1 Å². The number of nitriles is 1. The van der Waals surface area contributed by atoms with E-state index in [0.29, 0.717) is 32.8 Å². The van der Waals surface area contributed by atoms with Gasteiger partial charge in [0.15, 0.2) is 0 Å². The fraction of sp³-hybridized carbons (Fsp3) is 0.588. The molecule has 2 aliphatic carbocycles. The number of esters is 1. The smallest absolute Gasteiger partial charge is 0.348 e. The minimum atomic E-state index is -0.438. The lowest BCUT2D eigenvalue weighted by Crippen LogP contribution is -2.27. The monoisotopic (exact) mass is 332 g/mol. The molecule has 0 radical (unpaired) electrons. The Bertz CT molecular complexity index is 689. The van der Waals surface area contributed by atoms with Crippen molar-refractivity contribution >= 4 is 28.2 Å². The van der Waals surface area contributed by atoms with Crippen LogP contribution in [0.3, 0.4) is 0 Å². The number of rotatable bonds is 4. The highest BCUT2D eigenvalue weighted by Crippen LogP contribution is 2.48. The summed E-state index contributed by atoms with van der Waals surface area (Å²) in [5, 5.41) is 12.7. The van der Waals surface area contributed by atoms with E-state index in [1.54, 1.807) is 13.8 Å².